The van der Waals surface area contributed by atoms with Crippen molar-refractivity contribution < 1.29 is 9.53 Å². The maximum Gasteiger partial charge on any atom is 0.345 e. The normalized spacial score (nSPS) is 10.8. The highest BCUT2D eigenvalue weighted by Crippen LogP contribution is 2.27. The van der Waals surface area contributed by atoms with Crippen molar-refractivity contribution in [2.45, 2.75) is 0 Å². The topological polar surface area (TPSA) is 127 Å². The number of nitrogens with zero attached hydrogens (tertiary/aromatic N) is 2. The quantitative estimate of drug-likeness (QED) is 0.485. The minimum absolute atomic E-state index is 0.348. The number of nitrogens with two attached hydrogens (primary N) is 1. The fourth-order valence-corrected chi connectivity index (χ4v) is 2.75. The summed E-state index contributed by atoms with van der Waals surface area (Å²) in [4.78, 5) is 29.3. The van der Waals surface area contributed by atoms with Gasteiger partial charge >= 0.3 is 5.69 Å². The molecule has 0 spiro atoms. The Morgan fingerprint density at radius 2 is 1.96 bits per heavy atom. The van der Waals surface area contributed by atoms with Crippen molar-refractivity contribution in [1.82, 2.24) is 20.2 Å². The van der Waals surface area contributed by atoms with Gasteiger partial charge in [0.1, 0.15) is 5.75 Å². The second-order valence-electron chi connectivity index (χ2n) is 5.60. The smallest absolute Gasteiger partial charge is 0.345 e. The van der Waals surface area contributed by atoms with Crippen LogP contribution in [-0.4, -0.2) is 26.6 Å². The summed E-state index contributed by atoms with van der Waals surface area (Å²) in [6, 6.07) is 14.0. The Morgan fingerprint density at radius 1 is 1.08 bits per heavy atom. The highest BCUT2D eigenvalue weighted by molar-refractivity contribution is 5.92. The molecule has 128 valence electrons. The number of fused-ring (bicyclic) bond motifs is 1. The summed E-state index contributed by atoms with van der Waals surface area (Å²) in [6.45, 7) is 0.348. The summed E-state index contributed by atoms with van der Waals surface area (Å²) in [7, 11) is 0. The van der Waals surface area contributed by atoms with Crippen LogP contribution in [0, 0.1) is 0 Å². The number of carbonyl (C=O) groups excluding carboxylic acids is 1. The molecule has 8 heteroatoms. The largest absolute Gasteiger partial charge is 0.429 e. The van der Waals surface area contributed by atoms with Gasteiger partial charge in [0.05, 0.1) is 16.9 Å². The van der Waals surface area contributed by atoms with E-state index in [0.717, 1.165) is 16.5 Å². The molecule has 0 aliphatic heterocycles. The van der Waals surface area contributed by atoms with Gasteiger partial charge in [-0.25, -0.2) is 4.79 Å². The number of H-pyrrole nitrogens is 2. The minimum atomic E-state index is -0.487. The summed E-state index contributed by atoms with van der Waals surface area (Å²) in [5.41, 5.74) is 8.64. The van der Waals surface area contributed by atoms with Crippen molar-refractivity contribution in [2.24, 2.45) is 0 Å². The molecule has 2 aromatic carbocycles. The molecule has 0 aliphatic rings. The van der Waals surface area contributed by atoms with Crippen LogP contribution in [0.15, 0.2) is 53.3 Å². The van der Waals surface area contributed by atoms with Crippen molar-refractivity contribution in [3.8, 4) is 28.3 Å². The Bertz CT molecular complexity index is 1180. The first-order valence-electron chi connectivity index (χ1n) is 7.70. The molecule has 2 aromatic heterocycles. The molecule has 0 fully saturated rings. The fraction of sp³-hybridized carbons (Fsp3) is 0. The molecular weight excluding hydrogens is 334 g/mol. The van der Waals surface area contributed by atoms with E-state index in [4.69, 9.17) is 10.5 Å². The summed E-state index contributed by atoms with van der Waals surface area (Å²) in [6.07, 6.45) is 0. The lowest BCUT2D eigenvalue weighted by Gasteiger charge is -2.06. The van der Waals surface area contributed by atoms with Gasteiger partial charge in [0, 0.05) is 10.9 Å². The molecule has 26 heavy (non-hydrogen) atoms. The zero-order chi connectivity index (χ0) is 18.1. The van der Waals surface area contributed by atoms with E-state index in [2.05, 4.69) is 20.2 Å². The predicted octanol–water partition coefficient (Wildman–Crippen LogP) is 2.10. The Balaban J connectivity index is 1.83. The molecule has 0 atom stereocenters. The van der Waals surface area contributed by atoms with Gasteiger partial charge in [0.2, 0.25) is 0 Å². The third-order valence-electron chi connectivity index (χ3n) is 3.96. The Kier molecular flexibility index (Phi) is 3.70. The van der Waals surface area contributed by atoms with Crippen LogP contribution in [0.5, 0.6) is 5.75 Å². The van der Waals surface area contributed by atoms with Crippen molar-refractivity contribution in [3.05, 3.63) is 59.0 Å². The molecule has 4 rings (SSSR count). The van der Waals surface area contributed by atoms with E-state index in [9.17, 15) is 9.59 Å². The lowest BCUT2D eigenvalue weighted by Crippen LogP contribution is -2.12. The second-order valence-corrected chi connectivity index (χ2v) is 5.60. The molecule has 0 aliphatic carbocycles. The maximum absolute atomic E-state index is 12.1. The van der Waals surface area contributed by atoms with Gasteiger partial charge in [-0.05, 0) is 35.9 Å². The summed E-state index contributed by atoms with van der Waals surface area (Å²) in [5.74, 6) is 0.755. The number of hydrogen-bond donors (Lipinski definition) is 3. The Morgan fingerprint density at radius 3 is 2.81 bits per heavy atom. The number of aromatic amines is 2. The highest BCUT2D eigenvalue weighted by Gasteiger charge is 2.09. The number of benzene rings is 2. The Hall–Kier alpha value is -3.94. The van der Waals surface area contributed by atoms with Crippen LogP contribution in [0.25, 0.3) is 33.4 Å². The number of nitrogens with one attached hydrogen (secondary N) is 2. The summed E-state index contributed by atoms with van der Waals surface area (Å²) in [5, 5.41) is 7.56. The fourth-order valence-electron chi connectivity index (χ4n) is 2.75. The van der Waals surface area contributed by atoms with Crippen molar-refractivity contribution in [1.29, 1.82) is 0 Å². The van der Waals surface area contributed by atoms with Gasteiger partial charge < -0.3 is 15.5 Å². The highest BCUT2D eigenvalue weighted by atomic mass is 16.5. The third kappa shape index (κ3) is 2.80. The first-order valence-corrected chi connectivity index (χ1v) is 7.70. The number of rotatable bonds is 4. The lowest BCUT2D eigenvalue weighted by molar-refractivity contribution is -0.120. The predicted molar refractivity (Wildman–Crippen MR) is 96.5 cm³/mol. The molecule has 0 radical (unpaired) electrons. The number of hydrogen-bond acceptors (Lipinski definition) is 6. The van der Waals surface area contributed by atoms with Crippen molar-refractivity contribution in [2.75, 3.05) is 5.73 Å². The number of nitrogen functional groups attached to an aromatic ring is 1. The van der Waals surface area contributed by atoms with Crippen LogP contribution in [0.3, 0.4) is 0 Å². The SMILES string of the molecule is Nc1n[nH]c2ccc(-c3cc(-c4cccc(OC=O)c4)nc(=O)[nH]3)cc12. The van der Waals surface area contributed by atoms with Gasteiger partial charge in [0.15, 0.2) is 5.82 Å². The van der Waals surface area contributed by atoms with Gasteiger partial charge in [-0.3, -0.25) is 9.89 Å². The average molecular weight is 347 g/mol. The van der Waals surface area contributed by atoms with Gasteiger partial charge in [0.25, 0.3) is 6.47 Å². The van der Waals surface area contributed by atoms with E-state index in [1.54, 1.807) is 30.3 Å². The van der Waals surface area contributed by atoms with E-state index >= 15 is 0 Å². The van der Waals surface area contributed by atoms with Crippen LogP contribution in [-0.2, 0) is 4.79 Å². The zero-order valence-electron chi connectivity index (χ0n) is 13.4. The molecule has 0 amide bonds. The van der Waals surface area contributed by atoms with Gasteiger partial charge in [-0.2, -0.15) is 10.1 Å². The standard InChI is InChI=1S/C18H13N5O3/c19-17-13-7-11(4-5-14(13)22-23-17)16-8-15(20-18(25)21-16)10-2-1-3-12(6-10)26-9-24/h1-9H,(H3,19,22,23)(H,20,21,25). The number of carbonyl (C=O) groups is 1. The molecule has 0 unspecified atom stereocenters. The van der Waals surface area contributed by atoms with Gasteiger partial charge in [-0.1, -0.05) is 18.2 Å². The van der Waals surface area contributed by atoms with E-state index in [1.807, 2.05) is 18.2 Å². The molecule has 2 heterocycles. The average Bonchev–Trinajstić information content (AvgIpc) is 3.02. The lowest BCUT2D eigenvalue weighted by atomic mass is 10.1. The van der Waals surface area contributed by atoms with Gasteiger partial charge in [-0.15, -0.1) is 0 Å². The Labute approximate surface area is 146 Å². The molecule has 0 bridgehead atoms. The van der Waals surface area contributed by atoms with Crippen LogP contribution in [0.4, 0.5) is 5.82 Å². The third-order valence-corrected chi connectivity index (χ3v) is 3.96. The molecule has 4 aromatic rings. The van der Waals surface area contributed by atoms with Crippen molar-refractivity contribution >= 4 is 23.2 Å². The van der Waals surface area contributed by atoms with Crippen LogP contribution in [0.2, 0.25) is 0 Å². The number of anilines is 1. The number of aromatic nitrogens is 4. The van der Waals surface area contributed by atoms with E-state index in [-0.39, 0.29) is 0 Å². The monoisotopic (exact) mass is 347 g/mol. The summed E-state index contributed by atoms with van der Waals surface area (Å²) < 4.78 is 4.85. The summed E-state index contributed by atoms with van der Waals surface area (Å²) >= 11 is 0. The molecule has 8 nitrogen and oxygen atoms in total. The van der Waals surface area contributed by atoms with E-state index < -0.39 is 5.69 Å². The van der Waals surface area contributed by atoms with Crippen LogP contribution < -0.4 is 16.2 Å². The first-order chi connectivity index (χ1) is 12.6. The van der Waals surface area contributed by atoms with Crippen molar-refractivity contribution in [3.63, 3.8) is 0 Å². The van der Waals surface area contributed by atoms with Crippen LogP contribution in [0.1, 0.15) is 0 Å². The first kappa shape index (κ1) is 15.6. The molecule has 4 N–H and O–H groups in total. The second kappa shape index (κ2) is 6.17. The van der Waals surface area contributed by atoms with E-state index in [0.29, 0.717) is 35.0 Å². The van der Waals surface area contributed by atoms with Crippen LogP contribution >= 0.6 is 0 Å². The number of ether oxygens (including phenoxy) is 1. The molecule has 0 saturated heterocycles. The molecular formula is C18H13N5O3. The zero-order valence-corrected chi connectivity index (χ0v) is 13.4. The molecule has 0 saturated carbocycles. The maximum atomic E-state index is 12.1. The van der Waals surface area contributed by atoms with E-state index in [1.165, 1.54) is 0 Å². The minimum Gasteiger partial charge on any atom is -0.429 e.